The molecule has 0 atom stereocenters. The highest BCUT2D eigenvalue weighted by molar-refractivity contribution is 7.90. The lowest BCUT2D eigenvalue weighted by molar-refractivity contribution is -0.119. The summed E-state index contributed by atoms with van der Waals surface area (Å²) in [7, 11) is -4.30. The van der Waals surface area contributed by atoms with Crippen molar-refractivity contribution < 1.29 is 17.6 Å². The second-order valence-corrected chi connectivity index (χ2v) is 7.83. The number of carbonyl (C=O) groups excluding carboxylic acids is 1. The van der Waals surface area contributed by atoms with Gasteiger partial charge < -0.3 is 0 Å². The monoisotopic (exact) mass is 364 g/mol. The van der Waals surface area contributed by atoms with Gasteiger partial charge in [0.1, 0.15) is 0 Å². The van der Waals surface area contributed by atoms with Gasteiger partial charge in [-0.25, -0.2) is 14.1 Å². The molecule has 0 aliphatic rings. The number of pyridine rings is 1. The number of carbonyl (C=O) groups is 1. The molecule has 0 fully saturated rings. The van der Waals surface area contributed by atoms with Gasteiger partial charge in [-0.3, -0.25) is 4.79 Å². The van der Waals surface area contributed by atoms with Crippen molar-refractivity contribution in [2.45, 2.75) is 38.1 Å². The first-order valence-electron chi connectivity index (χ1n) is 8.02. The van der Waals surface area contributed by atoms with Crippen LogP contribution < -0.4 is 4.72 Å². The van der Waals surface area contributed by atoms with E-state index in [0.29, 0.717) is 12.3 Å². The molecule has 0 unspecified atom stereocenters. The number of halogens is 1. The minimum Gasteiger partial charge on any atom is -0.274 e. The largest absolute Gasteiger partial charge is 0.284 e. The molecule has 1 heterocycles. The molecule has 0 aliphatic carbocycles. The lowest BCUT2D eigenvalue weighted by Gasteiger charge is -2.08. The van der Waals surface area contributed by atoms with Crippen molar-refractivity contribution in [3.05, 3.63) is 59.5 Å². The number of hydrogen-bond donors (Lipinski definition) is 1. The van der Waals surface area contributed by atoms with Gasteiger partial charge in [0.2, 0.25) is 10.9 Å². The minimum absolute atomic E-state index is 0.0167. The normalized spacial score (nSPS) is 11.5. The molecule has 0 saturated carbocycles. The van der Waals surface area contributed by atoms with E-state index in [1.54, 1.807) is 0 Å². The summed E-state index contributed by atoms with van der Waals surface area (Å²) in [6, 6.07) is 10.1. The zero-order chi connectivity index (χ0) is 18.4. The van der Waals surface area contributed by atoms with E-state index < -0.39 is 26.8 Å². The quantitative estimate of drug-likeness (QED) is 0.820. The summed E-state index contributed by atoms with van der Waals surface area (Å²) in [5, 5.41) is -0.776. The zero-order valence-electron chi connectivity index (χ0n) is 14.2. The van der Waals surface area contributed by atoms with E-state index >= 15 is 0 Å². The Labute approximate surface area is 147 Å². The number of aromatic nitrogens is 1. The third-order valence-corrected chi connectivity index (χ3v) is 4.84. The first-order chi connectivity index (χ1) is 11.8. The lowest BCUT2D eigenvalue weighted by Crippen LogP contribution is -2.32. The van der Waals surface area contributed by atoms with E-state index in [2.05, 4.69) is 18.8 Å². The SMILES string of the molecule is CC(C)Cc1ccc(CCC(=O)NS(=O)(=O)c2ncccc2F)cc1. The second kappa shape index (κ2) is 8.20. The summed E-state index contributed by atoms with van der Waals surface area (Å²) >= 11 is 0. The number of aryl methyl sites for hydroxylation is 1. The van der Waals surface area contributed by atoms with E-state index in [0.717, 1.165) is 24.2 Å². The van der Waals surface area contributed by atoms with Crippen molar-refractivity contribution in [3.63, 3.8) is 0 Å². The summed E-state index contributed by atoms with van der Waals surface area (Å²) < 4.78 is 39.3. The molecule has 0 bridgehead atoms. The van der Waals surface area contributed by atoms with Crippen LogP contribution in [0.1, 0.15) is 31.4 Å². The maximum absolute atomic E-state index is 13.5. The van der Waals surface area contributed by atoms with E-state index in [4.69, 9.17) is 0 Å². The molecular weight excluding hydrogens is 343 g/mol. The van der Waals surface area contributed by atoms with E-state index in [9.17, 15) is 17.6 Å². The molecule has 0 radical (unpaired) electrons. The standard InChI is InChI=1S/C18H21FN2O3S/c1-13(2)12-15-7-5-14(6-8-15)9-10-17(22)21-25(23,24)18-16(19)4-3-11-20-18/h3-8,11,13H,9-10,12H2,1-2H3,(H,21,22). The Morgan fingerprint density at radius 1 is 1.16 bits per heavy atom. The topological polar surface area (TPSA) is 76.1 Å². The minimum atomic E-state index is -4.30. The van der Waals surface area contributed by atoms with Crippen LogP contribution in [-0.2, 0) is 27.7 Å². The van der Waals surface area contributed by atoms with Crippen LogP contribution in [0, 0.1) is 11.7 Å². The van der Waals surface area contributed by atoms with Crippen molar-refractivity contribution in [2.24, 2.45) is 5.92 Å². The first-order valence-corrected chi connectivity index (χ1v) is 9.50. The van der Waals surface area contributed by atoms with Crippen LogP contribution in [0.2, 0.25) is 0 Å². The highest BCUT2D eigenvalue weighted by Gasteiger charge is 2.22. The van der Waals surface area contributed by atoms with Gasteiger partial charge in [-0.1, -0.05) is 38.1 Å². The van der Waals surface area contributed by atoms with Crippen LogP contribution in [0.3, 0.4) is 0 Å². The lowest BCUT2D eigenvalue weighted by atomic mass is 10.0. The fourth-order valence-corrected chi connectivity index (χ4v) is 3.41. The van der Waals surface area contributed by atoms with Crippen LogP contribution in [0.15, 0.2) is 47.6 Å². The van der Waals surface area contributed by atoms with Gasteiger partial charge >= 0.3 is 0 Å². The van der Waals surface area contributed by atoms with E-state index in [1.165, 1.54) is 11.6 Å². The fraction of sp³-hybridized carbons (Fsp3) is 0.333. The second-order valence-electron chi connectivity index (χ2n) is 6.23. The number of amides is 1. The molecule has 134 valence electrons. The van der Waals surface area contributed by atoms with Crippen molar-refractivity contribution in [1.29, 1.82) is 0 Å². The highest BCUT2D eigenvalue weighted by atomic mass is 32.2. The molecular formula is C18H21FN2O3S. The Hall–Kier alpha value is -2.28. The summed E-state index contributed by atoms with van der Waals surface area (Å²) in [5.74, 6) is -1.13. The van der Waals surface area contributed by atoms with Gasteiger partial charge in [-0.15, -0.1) is 0 Å². The third-order valence-electron chi connectivity index (χ3n) is 3.54. The van der Waals surface area contributed by atoms with Crippen molar-refractivity contribution >= 4 is 15.9 Å². The molecule has 0 aliphatic heterocycles. The number of benzene rings is 1. The maximum Gasteiger partial charge on any atom is 0.284 e. The van der Waals surface area contributed by atoms with Crippen molar-refractivity contribution in [3.8, 4) is 0 Å². The molecule has 5 nitrogen and oxygen atoms in total. The number of nitrogens with one attached hydrogen (secondary N) is 1. The molecule has 1 aromatic heterocycles. The Morgan fingerprint density at radius 2 is 1.80 bits per heavy atom. The number of rotatable bonds is 7. The molecule has 2 rings (SSSR count). The summed E-state index contributed by atoms with van der Waals surface area (Å²) in [6.45, 7) is 4.28. The molecule has 25 heavy (non-hydrogen) atoms. The van der Waals surface area contributed by atoms with Crippen LogP contribution in [0.25, 0.3) is 0 Å². The number of hydrogen-bond acceptors (Lipinski definition) is 4. The van der Waals surface area contributed by atoms with Gasteiger partial charge in [0.05, 0.1) is 0 Å². The molecule has 1 N–H and O–H groups in total. The predicted molar refractivity (Wildman–Crippen MR) is 92.8 cm³/mol. The van der Waals surface area contributed by atoms with Crippen LogP contribution in [0.4, 0.5) is 4.39 Å². The van der Waals surface area contributed by atoms with Crippen LogP contribution >= 0.6 is 0 Å². The summed E-state index contributed by atoms with van der Waals surface area (Å²) in [5.41, 5.74) is 2.15. The maximum atomic E-state index is 13.5. The average molecular weight is 364 g/mol. The van der Waals surface area contributed by atoms with E-state index in [-0.39, 0.29) is 6.42 Å². The average Bonchev–Trinajstić information content (AvgIpc) is 2.53. The number of sulfonamides is 1. The molecule has 1 aromatic carbocycles. The Bertz CT molecular complexity index is 834. The van der Waals surface area contributed by atoms with Gasteiger partial charge in [-0.2, -0.15) is 8.42 Å². The van der Waals surface area contributed by atoms with Crippen LogP contribution in [-0.4, -0.2) is 19.3 Å². The molecule has 2 aromatic rings. The third kappa shape index (κ3) is 5.63. The van der Waals surface area contributed by atoms with Gasteiger partial charge in [0, 0.05) is 12.6 Å². The molecule has 7 heteroatoms. The molecule has 0 spiro atoms. The first kappa shape index (κ1) is 19.1. The zero-order valence-corrected chi connectivity index (χ0v) is 15.0. The van der Waals surface area contributed by atoms with Gasteiger partial charge in [0.15, 0.2) is 5.82 Å². The van der Waals surface area contributed by atoms with Gasteiger partial charge in [0.25, 0.3) is 10.0 Å². The Balaban J connectivity index is 1.93. The Morgan fingerprint density at radius 3 is 2.40 bits per heavy atom. The predicted octanol–water partition coefficient (Wildman–Crippen LogP) is 2.86. The van der Waals surface area contributed by atoms with Gasteiger partial charge in [-0.05, 0) is 42.0 Å². The van der Waals surface area contributed by atoms with E-state index in [1.807, 2.05) is 29.0 Å². The highest BCUT2D eigenvalue weighted by Crippen LogP contribution is 2.12. The van der Waals surface area contributed by atoms with Crippen molar-refractivity contribution in [1.82, 2.24) is 9.71 Å². The smallest absolute Gasteiger partial charge is 0.274 e. The van der Waals surface area contributed by atoms with Crippen LogP contribution in [0.5, 0.6) is 0 Å². The van der Waals surface area contributed by atoms with Crippen molar-refractivity contribution in [2.75, 3.05) is 0 Å². The molecule has 0 saturated heterocycles. The number of nitrogens with zero attached hydrogens (tertiary/aromatic N) is 1. The summed E-state index contributed by atoms with van der Waals surface area (Å²) in [6.07, 6.45) is 2.51. The summed E-state index contributed by atoms with van der Waals surface area (Å²) in [4.78, 5) is 15.4. The molecule has 1 amide bonds. The fourth-order valence-electron chi connectivity index (χ4n) is 2.39. The Kier molecular flexibility index (Phi) is 6.25.